The van der Waals surface area contributed by atoms with Gasteiger partial charge < -0.3 is 20.4 Å². The zero-order chi connectivity index (χ0) is 41.0. The van der Waals surface area contributed by atoms with E-state index in [0.29, 0.717) is 60.2 Å². The third-order valence-corrected chi connectivity index (χ3v) is 10.7. The van der Waals surface area contributed by atoms with Gasteiger partial charge >= 0.3 is 12.1 Å². The van der Waals surface area contributed by atoms with E-state index in [0.717, 1.165) is 46.6 Å². The highest BCUT2D eigenvalue weighted by molar-refractivity contribution is 6.31. The number of benzene rings is 4. The molecule has 0 bridgehead atoms. The van der Waals surface area contributed by atoms with E-state index in [9.17, 15) is 28.8 Å². The Kier molecular flexibility index (Phi) is 14.5. The molecule has 0 aliphatic carbocycles. The van der Waals surface area contributed by atoms with E-state index in [2.05, 4.69) is 10.6 Å². The van der Waals surface area contributed by atoms with Crippen molar-refractivity contribution in [2.24, 2.45) is 0 Å². The van der Waals surface area contributed by atoms with Crippen LogP contribution in [0, 0.1) is 0 Å². The highest BCUT2D eigenvalue weighted by Crippen LogP contribution is 2.25. The van der Waals surface area contributed by atoms with Crippen LogP contribution >= 0.6 is 23.2 Å². The van der Waals surface area contributed by atoms with Gasteiger partial charge in [0.2, 0.25) is 11.8 Å². The summed E-state index contributed by atoms with van der Waals surface area (Å²) in [5, 5.41) is 6.45. The van der Waals surface area contributed by atoms with Crippen LogP contribution in [0.25, 0.3) is 0 Å². The van der Waals surface area contributed by atoms with E-state index in [-0.39, 0.29) is 24.9 Å². The number of rotatable bonds is 19. The molecule has 6 rings (SSSR count). The molecule has 58 heavy (non-hydrogen) atoms. The Morgan fingerprint density at radius 1 is 0.500 bits per heavy atom. The second-order valence-electron chi connectivity index (χ2n) is 14.4. The van der Waals surface area contributed by atoms with E-state index in [1.165, 1.54) is 0 Å². The maximum Gasteiger partial charge on any atom is 0.329 e. The Hall–Kier alpha value is -5.72. The number of halogens is 2. The van der Waals surface area contributed by atoms with Crippen molar-refractivity contribution in [3.05, 3.63) is 130 Å². The summed E-state index contributed by atoms with van der Waals surface area (Å²) in [6.07, 6.45) is 5.29. The van der Waals surface area contributed by atoms with Gasteiger partial charge in [0, 0.05) is 36.0 Å². The summed E-state index contributed by atoms with van der Waals surface area (Å²) in [5.74, 6) is -1.07. The molecular formula is C44H46Cl2N6O6. The number of nitrogens with one attached hydrogen (secondary N) is 2. The van der Waals surface area contributed by atoms with Crippen LogP contribution in [-0.4, -0.2) is 70.7 Å². The van der Waals surface area contributed by atoms with Gasteiger partial charge in [-0.1, -0.05) is 110 Å². The summed E-state index contributed by atoms with van der Waals surface area (Å²) in [6.45, 7) is 0.689. The fourth-order valence-electron chi connectivity index (χ4n) is 7.11. The van der Waals surface area contributed by atoms with Crippen molar-refractivity contribution < 1.29 is 28.8 Å². The maximum absolute atomic E-state index is 13.6. The molecule has 0 saturated carbocycles. The molecule has 0 radical (unpaired) electrons. The minimum Gasteiger partial charge on any atom is -0.336 e. The van der Waals surface area contributed by atoms with Gasteiger partial charge in [-0.15, -0.1) is 0 Å². The van der Waals surface area contributed by atoms with Crippen LogP contribution < -0.4 is 20.4 Å². The van der Waals surface area contributed by atoms with Gasteiger partial charge in [0.15, 0.2) is 0 Å². The second-order valence-corrected chi connectivity index (χ2v) is 15.3. The molecule has 2 unspecified atom stereocenters. The highest BCUT2D eigenvalue weighted by Gasteiger charge is 2.41. The summed E-state index contributed by atoms with van der Waals surface area (Å²) >= 11 is 12.0. The van der Waals surface area contributed by atoms with Crippen molar-refractivity contribution in [3.63, 3.8) is 0 Å². The summed E-state index contributed by atoms with van der Waals surface area (Å²) in [5.41, 5.74) is 2.64. The minimum absolute atomic E-state index is 0.0413. The lowest BCUT2D eigenvalue weighted by Crippen LogP contribution is -2.44. The predicted molar refractivity (Wildman–Crippen MR) is 223 cm³/mol. The van der Waals surface area contributed by atoms with Crippen molar-refractivity contribution >= 4 is 70.3 Å². The molecular weight excluding hydrogens is 779 g/mol. The first-order valence-electron chi connectivity index (χ1n) is 19.5. The van der Waals surface area contributed by atoms with Gasteiger partial charge in [0.25, 0.3) is 11.8 Å². The summed E-state index contributed by atoms with van der Waals surface area (Å²) < 4.78 is 0. The van der Waals surface area contributed by atoms with Crippen LogP contribution in [0.1, 0.15) is 62.5 Å². The number of unbranched alkanes of at least 4 members (excludes halogenated alkanes) is 5. The van der Waals surface area contributed by atoms with Crippen LogP contribution in [0.4, 0.5) is 21.0 Å². The van der Waals surface area contributed by atoms with Crippen LogP contribution in [0.15, 0.2) is 109 Å². The zero-order valence-electron chi connectivity index (χ0n) is 32.0. The normalized spacial score (nSPS) is 16.4. The number of urea groups is 2. The number of anilines is 2. The van der Waals surface area contributed by atoms with Gasteiger partial charge in [0.1, 0.15) is 12.1 Å². The largest absolute Gasteiger partial charge is 0.336 e. The summed E-state index contributed by atoms with van der Waals surface area (Å²) in [7, 11) is 0. The first-order valence-corrected chi connectivity index (χ1v) is 20.3. The van der Waals surface area contributed by atoms with Gasteiger partial charge in [-0.05, 0) is 72.5 Å². The Morgan fingerprint density at radius 3 is 1.21 bits per heavy atom. The second kappa shape index (κ2) is 20.1. The Balaban J connectivity index is 0.958. The monoisotopic (exact) mass is 824 g/mol. The maximum atomic E-state index is 13.6. The quantitative estimate of drug-likeness (QED) is 0.0734. The van der Waals surface area contributed by atoms with E-state index in [1.807, 2.05) is 60.7 Å². The van der Waals surface area contributed by atoms with Crippen LogP contribution in [-0.2, 0) is 32.3 Å². The SMILES string of the molecule is O=C(CCCCCCCCC(=O)N(Cc1ccccc1)CC1NC(=O)N(c2ccc(Cl)cc2)C1=O)N(Cc1ccccc1)CC1NC(=O)N(c2ccc(Cl)cc2)C1=O. The van der Waals surface area contributed by atoms with Gasteiger partial charge in [-0.25, -0.2) is 19.4 Å². The summed E-state index contributed by atoms with van der Waals surface area (Å²) in [6, 6.07) is 29.0. The highest BCUT2D eigenvalue weighted by atomic mass is 35.5. The Morgan fingerprint density at radius 2 is 0.845 bits per heavy atom. The molecule has 2 fully saturated rings. The standard InChI is InChI=1S/C44H46Cl2N6O6/c45-33-19-23-35(24-20-33)51-41(55)37(47-43(51)57)29-49(27-31-13-7-5-8-14-31)39(53)17-11-3-1-2-4-12-18-40(54)50(28-32-15-9-6-10-16-32)30-38-42(56)52(44(58)48-38)36-25-21-34(46)22-26-36/h5-10,13-16,19-26,37-38H,1-4,11-12,17-18,27-30H2,(H,47,57)(H,48,58). The van der Waals surface area contributed by atoms with E-state index >= 15 is 0 Å². The minimum atomic E-state index is -0.886. The molecule has 2 N–H and O–H groups in total. The predicted octanol–water partition coefficient (Wildman–Crippen LogP) is 7.72. The molecule has 4 aromatic carbocycles. The Labute approximate surface area is 348 Å². The number of amides is 8. The molecule has 2 atom stereocenters. The molecule has 302 valence electrons. The molecule has 0 aromatic heterocycles. The molecule has 2 aliphatic rings. The summed E-state index contributed by atoms with van der Waals surface area (Å²) in [4.78, 5) is 84.9. The number of imide groups is 2. The molecule has 12 nitrogen and oxygen atoms in total. The fourth-order valence-corrected chi connectivity index (χ4v) is 7.36. The molecule has 14 heteroatoms. The average Bonchev–Trinajstić information content (AvgIpc) is 3.67. The first kappa shape index (κ1) is 41.9. The molecule has 8 amide bonds. The number of hydrogen-bond acceptors (Lipinski definition) is 6. The number of nitrogens with zero attached hydrogens (tertiary/aromatic N) is 4. The van der Waals surface area contributed by atoms with Gasteiger partial charge in [-0.3, -0.25) is 19.2 Å². The molecule has 0 spiro atoms. The average molecular weight is 826 g/mol. The van der Waals surface area contributed by atoms with Crippen molar-refractivity contribution in [1.82, 2.24) is 20.4 Å². The van der Waals surface area contributed by atoms with Crippen LogP contribution in [0.5, 0.6) is 0 Å². The molecule has 2 aliphatic heterocycles. The van der Waals surface area contributed by atoms with Crippen molar-refractivity contribution in [2.75, 3.05) is 22.9 Å². The Bertz CT molecular complexity index is 1920. The van der Waals surface area contributed by atoms with E-state index in [1.54, 1.807) is 58.3 Å². The molecule has 4 aromatic rings. The molecule has 2 heterocycles. The van der Waals surface area contributed by atoms with Crippen molar-refractivity contribution in [3.8, 4) is 0 Å². The lowest BCUT2D eigenvalue weighted by atomic mass is 10.1. The third-order valence-electron chi connectivity index (χ3n) is 10.2. The van der Waals surface area contributed by atoms with E-state index in [4.69, 9.17) is 23.2 Å². The third kappa shape index (κ3) is 11.0. The number of carbonyl (C=O) groups excluding carboxylic acids is 6. The first-order chi connectivity index (χ1) is 28.1. The fraction of sp³-hybridized carbons (Fsp3) is 0.318. The van der Waals surface area contributed by atoms with Gasteiger partial charge in [0.05, 0.1) is 24.5 Å². The number of hydrogen-bond donors (Lipinski definition) is 2. The lowest BCUT2D eigenvalue weighted by molar-refractivity contribution is -0.134. The topological polar surface area (TPSA) is 139 Å². The van der Waals surface area contributed by atoms with Crippen molar-refractivity contribution in [1.29, 1.82) is 0 Å². The number of carbonyl (C=O) groups is 6. The smallest absolute Gasteiger partial charge is 0.329 e. The van der Waals surface area contributed by atoms with Gasteiger partial charge in [-0.2, -0.15) is 0 Å². The lowest BCUT2D eigenvalue weighted by Gasteiger charge is -2.25. The van der Waals surface area contributed by atoms with Crippen LogP contribution in [0.3, 0.4) is 0 Å². The van der Waals surface area contributed by atoms with E-state index < -0.39 is 36.0 Å². The molecule has 2 saturated heterocycles. The zero-order valence-corrected chi connectivity index (χ0v) is 33.5. The van der Waals surface area contributed by atoms with Crippen molar-refractivity contribution in [2.45, 2.75) is 76.5 Å². The van der Waals surface area contributed by atoms with Crippen LogP contribution in [0.2, 0.25) is 10.0 Å².